The number of hydrogen-bond donors (Lipinski definition) is 0. The van der Waals surface area contributed by atoms with E-state index in [0.717, 1.165) is 50.6 Å². The van der Waals surface area contributed by atoms with Crippen molar-refractivity contribution in [1.82, 2.24) is 9.97 Å². The van der Waals surface area contributed by atoms with Crippen molar-refractivity contribution in [2.45, 2.75) is 0 Å². The molecule has 59 heavy (non-hydrogen) atoms. The predicted molar refractivity (Wildman–Crippen MR) is 247 cm³/mol. The Morgan fingerprint density at radius 1 is 0.220 bits per heavy atom. The van der Waals surface area contributed by atoms with Gasteiger partial charge in [-0.2, -0.15) is 0 Å². The van der Waals surface area contributed by atoms with E-state index in [9.17, 15) is 0 Å². The molecule has 0 unspecified atom stereocenters. The van der Waals surface area contributed by atoms with Crippen LogP contribution < -0.4 is 4.90 Å². The molecular weight excluding hydrogens is 715 g/mol. The molecule has 278 valence electrons. The molecule has 3 nitrogen and oxygen atoms in total. The highest BCUT2D eigenvalue weighted by atomic mass is 15.1. The second-order valence-electron chi connectivity index (χ2n) is 14.6. The van der Waals surface area contributed by atoms with Crippen molar-refractivity contribution in [2.24, 2.45) is 0 Å². The van der Waals surface area contributed by atoms with Gasteiger partial charge in [-0.25, -0.2) is 9.97 Å². The van der Waals surface area contributed by atoms with Crippen LogP contribution in [-0.2, 0) is 0 Å². The van der Waals surface area contributed by atoms with Crippen LogP contribution in [-0.4, -0.2) is 9.97 Å². The molecule has 0 saturated heterocycles. The van der Waals surface area contributed by atoms with Crippen LogP contribution in [0.5, 0.6) is 0 Å². The van der Waals surface area contributed by atoms with Crippen molar-refractivity contribution in [3.8, 4) is 67.0 Å². The van der Waals surface area contributed by atoms with Crippen LogP contribution in [0, 0.1) is 0 Å². The van der Waals surface area contributed by atoms with Crippen LogP contribution in [0.3, 0.4) is 0 Å². The molecule has 0 N–H and O–H groups in total. The summed E-state index contributed by atoms with van der Waals surface area (Å²) in [6.45, 7) is 0. The summed E-state index contributed by atoms with van der Waals surface area (Å²) in [5.41, 5.74) is 18.2. The normalized spacial score (nSPS) is 11.1. The van der Waals surface area contributed by atoms with Gasteiger partial charge in [-0.1, -0.05) is 176 Å². The first-order chi connectivity index (χ1) is 29.2. The van der Waals surface area contributed by atoms with Crippen LogP contribution in [0.15, 0.2) is 237 Å². The summed E-state index contributed by atoms with van der Waals surface area (Å²) in [7, 11) is 0. The lowest BCUT2D eigenvalue weighted by Gasteiger charge is -2.26. The van der Waals surface area contributed by atoms with E-state index in [-0.39, 0.29) is 0 Å². The van der Waals surface area contributed by atoms with Crippen LogP contribution in [0.2, 0.25) is 0 Å². The van der Waals surface area contributed by atoms with Gasteiger partial charge in [0, 0.05) is 28.2 Å². The van der Waals surface area contributed by atoms with E-state index in [2.05, 4.69) is 199 Å². The number of nitrogens with zero attached hydrogens (tertiary/aromatic N) is 3. The molecule has 0 fully saturated rings. The molecule has 10 rings (SSSR count). The van der Waals surface area contributed by atoms with Gasteiger partial charge in [-0.3, -0.25) is 0 Å². The third-order valence-electron chi connectivity index (χ3n) is 10.9. The van der Waals surface area contributed by atoms with Crippen LogP contribution in [0.4, 0.5) is 17.1 Å². The number of rotatable bonds is 9. The Morgan fingerprint density at radius 2 is 0.492 bits per heavy atom. The summed E-state index contributed by atoms with van der Waals surface area (Å²) in [6, 6.07) is 83.5. The lowest BCUT2D eigenvalue weighted by Crippen LogP contribution is -2.10. The zero-order valence-corrected chi connectivity index (χ0v) is 32.4. The zero-order chi connectivity index (χ0) is 39.4. The minimum Gasteiger partial charge on any atom is -0.311 e. The fourth-order valence-electron chi connectivity index (χ4n) is 7.84. The highest BCUT2D eigenvalue weighted by Gasteiger charge is 2.17. The van der Waals surface area contributed by atoms with E-state index in [1.54, 1.807) is 0 Å². The molecule has 0 aliphatic heterocycles. The third kappa shape index (κ3) is 7.41. The number of anilines is 3. The topological polar surface area (TPSA) is 29.0 Å². The molecule has 0 saturated carbocycles. The average molecular weight is 754 g/mol. The molecule has 1 heterocycles. The lowest BCUT2D eigenvalue weighted by molar-refractivity contribution is 1.27. The molecule has 0 atom stereocenters. The Labute approximate surface area is 345 Å². The van der Waals surface area contributed by atoms with Crippen molar-refractivity contribution in [3.63, 3.8) is 0 Å². The van der Waals surface area contributed by atoms with Crippen LogP contribution in [0.1, 0.15) is 0 Å². The fourth-order valence-corrected chi connectivity index (χ4v) is 7.84. The SMILES string of the molecule is c1ccc(-c2cccc(-c3ccc(N(c4ccc(-c5cccc(-c6ccccc6)c5)cc4)c4ccc(-c5nc6ccccc6nc5-c5ccccc5)cc4)cc3)c2)cc1. The molecule has 0 radical (unpaired) electrons. The van der Waals surface area contributed by atoms with Crippen molar-refractivity contribution < 1.29 is 0 Å². The minimum atomic E-state index is 0.858. The van der Waals surface area contributed by atoms with Gasteiger partial charge >= 0.3 is 0 Å². The van der Waals surface area contributed by atoms with Gasteiger partial charge in [-0.05, 0) is 105 Å². The molecule has 10 aromatic rings. The standard InChI is InChI=1S/C56H39N3/c1-4-14-40(15-5-1)46-20-12-22-48(38-46)42-26-32-50(33-27-42)59(51-34-28-43(29-35-51)49-23-13-21-47(39-49)41-16-6-2-7-17-41)52-36-30-45(31-37-52)56-55(44-18-8-3-9-19-44)57-53-24-10-11-25-54(53)58-56/h1-39H. The maximum Gasteiger partial charge on any atom is 0.0973 e. The van der Waals surface area contributed by atoms with Crippen molar-refractivity contribution in [1.29, 1.82) is 0 Å². The summed E-state index contributed by atoms with van der Waals surface area (Å²) < 4.78 is 0. The molecule has 0 aliphatic rings. The Kier molecular flexibility index (Phi) is 9.59. The molecule has 0 spiro atoms. The molecule has 9 aromatic carbocycles. The summed E-state index contributed by atoms with van der Waals surface area (Å²) >= 11 is 0. The fraction of sp³-hybridized carbons (Fsp3) is 0. The quantitative estimate of drug-likeness (QED) is 0.147. The first-order valence-electron chi connectivity index (χ1n) is 20.0. The second-order valence-corrected chi connectivity index (χ2v) is 14.6. The lowest BCUT2D eigenvalue weighted by atomic mass is 9.98. The predicted octanol–water partition coefficient (Wildman–Crippen LogP) is 15.1. The largest absolute Gasteiger partial charge is 0.311 e. The van der Waals surface area contributed by atoms with Gasteiger partial charge in [-0.15, -0.1) is 0 Å². The Bertz CT molecular complexity index is 2870. The summed E-state index contributed by atoms with van der Waals surface area (Å²) in [5.74, 6) is 0. The third-order valence-corrected chi connectivity index (χ3v) is 10.9. The number of fused-ring (bicyclic) bond motifs is 1. The van der Waals surface area contributed by atoms with Gasteiger partial charge in [0.25, 0.3) is 0 Å². The first kappa shape index (κ1) is 35.5. The van der Waals surface area contributed by atoms with E-state index < -0.39 is 0 Å². The van der Waals surface area contributed by atoms with E-state index in [1.807, 2.05) is 42.5 Å². The Balaban J connectivity index is 1.03. The van der Waals surface area contributed by atoms with E-state index in [4.69, 9.17) is 9.97 Å². The number of aromatic nitrogens is 2. The van der Waals surface area contributed by atoms with Gasteiger partial charge in [0.15, 0.2) is 0 Å². The summed E-state index contributed by atoms with van der Waals surface area (Å²) in [4.78, 5) is 12.6. The van der Waals surface area contributed by atoms with Gasteiger partial charge < -0.3 is 4.90 Å². The molecular formula is C56H39N3. The van der Waals surface area contributed by atoms with Crippen LogP contribution in [0.25, 0.3) is 78.1 Å². The molecule has 0 aliphatic carbocycles. The second kappa shape index (κ2) is 15.9. The van der Waals surface area contributed by atoms with E-state index in [1.165, 1.54) is 44.5 Å². The van der Waals surface area contributed by atoms with Gasteiger partial charge in [0.1, 0.15) is 0 Å². The van der Waals surface area contributed by atoms with Crippen LogP contribution >= 0.6 is 0 Å². The van der Waals surface area contributed by atoms with E-state index >= 15 is 0 Å². The highest BCUT2D eigenvalue weighted by molar-refractivity contribution is 5.88. The van der Waals surface area contributed by atoms with Gasteiger partial charge in [0.2, 0.25) is 0 Å². The molecule has 3 heteroatoms. The molecule has 1 aromatic heterocycles. The van der Waals surface area contributed by atoms with Crippen molar-refractivity contribution >= 4 is 28.1 Å². The summed E-state index contributed by atoms with van der Waals surface area (Å²) in [5, 5.41) is 0. The maximum absolute atomic E-state index is 5.16. The number of para-hydroxylation sites is 2. The number of benzene rings is 9. The number of hydrogen-bond acceptors (Lipinski definition) is 3. The minimum absolute atomic E-state index is 0.858. The van der Waals surface area contributed by atoms with E-state index in [0.29, 0.717) is 0 Å². The zero-order valence-electron chi connectivity index (χ0n) is 32.4. The highest BCUT2D eigenvalue weighted by Crippen LogP contribution is 2.39. The average Bonchev–Trinajstić information content (AvgIpc) is 3.33. The monoisotopic (exact) mass is 753 g/mol. The van der Waals surface area contributed by atoms with Crippen molar-refractivity contribution in [2.75, 3.05) is 4.90 Å². The Hall–Kier alpha value is -7.88. The molecule has 0 amide bonds. The smallest absolute Gasteiger partial charge is 0.0973 e. The van der Waals surface area contributed by atoms with Gasteiger partial charge in [0.05, 0.1) is 22.4 Å². The molecule has 0 bridgehead atoms. The summed E-state index contributed by atoms with van der Waals surface area (Å²) in [6.07, 6.45) is 0. The van der Waals surface area contributed by atoms with Crippen molar-refractivity contribution in [3.05, 3.63) is 237 Å². The maximum atomic E-state index is 5.16. The Morgan fingerprint density at radius 3 is 0.864 bits per heavy atom. The first-order valence-corrected chi connectivity index (χ1v) is 20.0.